The van der Waals surface area contributed by atoms with Crippen LogP contribution in [-0.2, 0) is 21.6 Å². The Morgan fingerprint density at radius 3 is 2.48 bits per heavy atom. The Morgan fingerprint density at radius 2 is 1.93 bits per heavy atom. The van der Waals surface area contributed by atoms with Gasteiger partial charge in [-0.3, -0.25) is 9.59 Å². The third-order valence-corrected chi connectivity index (χ3v) is 6.20. The van der Waals surface area contributed by atoms with E-state index >= 15 is 0 Å². The zero-order valence-corrected chi connectivity index (χ0v) is 17.2. The molecular weight excluding hydrogens is 372 g/mol. The minimum Gasteiger partial charge on any atom is -0.393 e. The minimum absolute atomic E-state index is 0.0545. The lowest BCUT2D eigenvalue weighted by atomic mass is 9.70. The van der Waals surface area contributed by atoms with Gasteiger partial charge >= 0.3 is 0 Å². The Hall–Kier alpha value is -1.96. The van der Waals surface area contributed by atoms with Crippen LogP contribution in [0, 0.1) is 18.3 Å². The zero-order valence-electron chi connectivity index (χ0n) is 17.2. The Morgan fingerprint density at radius 1 is 1.31 bits per heavy atom. The highest BCUT2D eigenvalue weighted by Crippen LogP contribution is 2.39. The van der Waals surface area contributed by atoms with E-state index in [2.05, 4.69) is 6.92 Å². The molecule has 29 heavy (non-hydrogen) atoms. The van der Waals surface area contributed by atoms with Crippen molar-refractivity contribution in [3.05, 3.63) is 41.8 Å². The molecule has 0 heterocycles. The summed E-state index contributed by atoms with van der Waals surface area (Å²) < 4.78 is 0. The van der Waals surface area contributed by atoms with Crippen LogP contribution < -0.4 is 11.5 Å². The quantitative estimate of drug-likeness (QED) is 0.414. The van der Waals surface area contributed by atoms with E-state index in [0.717, 1.165) is 18.4 Å². The number of hydrogen-bond donors (Lipinski definition) is 5. The molecule has 0 bridgehead atoms. The van der Waals surface area contributed by atoms with Gasteiger partial charge < -0.3 is 26.8 Å². The standard InChI is InChI=1S/C22H33N2O5/c1-14-8-10-22(29,11-9-14)18(19(23)26)13-17(25)7-6-15-4-3-5-16(12-15)21(2,28)20(24)27/h3-5,7,12,14,17-18,25,28-29H,6,8-11,13H2,1-2H3,(H2,23,26)(H2,24,27). The average molecular weight is 406 g/mol. The van der Waals surface area contributed by atoms with E-state index in [1.165, 1.54) is 6.92 Å². The van der Waals surface area contributed by atoms with Crippen LogP contribution in [0.2, 0.25) is 0 Å². The average Bonchev–Trinajstić information content (AvgIpc) is 2.66. The number of aliphatic hydroxyl groups is 3. The summed E-state index contributed by atoms with van der Waals surface area (Å²) in [5.74, 6) is -1.76. The van der Waals surface area contributed by atoms with Gasteiger partial charge in [0, 0.05) is 0 Å². The molecule has 3 atom stereocenters. The number of amides is 2. The molecule has 3 unspecified atom stereocenters. The van der Waals surface area contributed by atoms with Crippen molar-refractivity contribution in [3.63, 3.8) is 0 Å². The summed E-state index contributed by atoms with van der Waals surface area (Å²) in [5.41, 5.74) is 8.97. The van der Waals surface area contributed by atoms with Crippen molar-refractivity contribution in [2.45, 2.75) is 69.7 Å². The molecule has 0 saturated heterocycles. The molecule has 7 N–H and O–H groups in total. The predicted octanol–water partition coefficient (Wildman–Crippen LogP) is 0.920. The van der Waals surface area contributed by atoms with Crippen LogP contribution in [0.4, 0.5) is 0 Å². The monoisotopic (exact) mass is 405 g/mol. The molecular formula is C22H33N2O5. The molecule has 0 spiro atoms. The van der Waals surface area contributed by atoms with Gasteiger partial charge in [0.05, 0.1) is 17.6 Å². The first-order valence-electron chi connectivity index (χ1n) is 10.1. The second-order valence-electron chi connectivity index (χ2n) is 8.62. The molecule has 2 amide bonds. The molecule has 1 aliphatic rings. The fraction of sp³-hybridized carbons (Fsp3) is 0.591. The molecule has 1 aliphatic carbocycles. The summed E-state index contributed by atoms with van der Waals surface area (Å²) >= 11 is 0. The van der Waals surface area contributed by atoms with E-state index < -0.39 is 35.0 Å². The summed E-state index contributed by atoms with van der Waals surface area (Å²) in [6, 6.07) is 6.74. The second-order valence-corrected chi connectivity index (χ2v) is 8.62. The van der Waals surface area contributed by atoms with Gasteiger partial charge in [-0.1, -0.05) is 31.2 Å². The summed E-state index contributed by atoms with van der Waals surface area (Å²) in [6.45, 7) is 3.45. The van der Waals surface area contributed by atoms with Gasteiger partial charge in [-0.2, -0.15) is 0 Å². The number of primary amides is 2. The van der Waals surface area contributed by atoms with Crippen LogP contribution in [0.1, 0.15) is 57.1 Å². The SMILES string of the molecule is CC1CCC(O)(C(CC(O)[CH]Cc2cccc(C(C)(O)C(N)=O)c2)C(N)=O)CC1. The first kappa shape index (κ1) is 23.3. The second kappa shape index (κ2) is 9.24. The molecule has 0 aliphatic heterocycles. The highest BCUT2D eigenvalue weighted by atomic mass is 16.3. The molecule has 2 rings (SSSR count). The Labute approximate surface area is 172 Å². The van der Waals surface area contributed by atoms with Crippen molar-refractivity contribution < 1.29 is 24.9 Å². The van der Waals surface area contributed by atoms with E-state index in [4.69, 9.17) is 11.5 Å². The zero-order chi connectivity index (χ0) is 21.8. The number of aliphatic hydroxyl groups excluding tert-OH is 1. The van der Waals surface area contributed by atoms with Crippen LogP contribution >= 0.6 is 0 Å². The maximum atomic E-state index is 12.0. The Balaban J connectivity index is 2.00. The van der Waals surface area contributed by atoms with Gasteiger partial charge in [0.2, 0.25) is 5.91 Å². The van der Waals surface area contributed by atoms with Crippen LogP contribution in [0.25, 0.3) is 0 Å². The smallest absolute Gasteiger partial charge is 0.253 e. The van der Waals surface area contributed by atoms with Crippen molar-refractivity contribution in [1.82, 2.24) is 0 Å². The van der Waals surface area contributed by atoms with Gasteiger partial charge in [0.15, 0.2) is 5.60 Å². The molecule has 0 aromatic heterocycles. The van der Waals surface area contributed by atoms with E-state index in [1.807, 2.05) is 0 Å². The number of carbonyl (C=O) groups excluding carboxylic acids is 2. The number of nitrogens with two attached hydrogens (primary N) is 2. The number of rotatable bonds is 9. The van der Waals surface area contributed by atoms with Gasteiger partial charge in [0.1, 0.15) is 0 Å². The minimum atomic E-state index is -1.78. The fourth-order valence-electron chi connectivity index (χ4n) is 3.96. The van der Waals surface area contributed by atoms with E-state index in [0.29, 0.717) is 30.7 Å². The molecule has 1 aromatic rings. The number of benzene rings is 1. The number of hydrogen-bond acceptors (Lipinski definition) is 5. The lowest BCUT2D eigenvalue weighted by Crippen LogP contribution is -2.48. The molecule has 7 nitrogen and oxygen atoms in total. The van der Waals surface area contributed by atoms with Crippen molar-refractivity contribution in [2.24, 2.45) is 23.3 Å². The van der Waals surface area contributed by atoms with Gasteiger partial charge in [0.25, 0.3) is 5.91 Å². The first-order valence-corrected chi connectivity index (χ1v) is 10.1. The van der Waals surface area contributed by atoms with Crippen LogP contribution in [0.15, 0.2) is 24.3 Å². The van der Waals surface area contributed by atoms with E-state index in [-0.39, 0.29) is 6.42 Å². The predicted molar refractivity (Wildman–Crippen MR) is 109 cm³/mol. The highest BCUT2D eigenvalue weighted by Gasteiger charge is 2.43. The van der Waals surface area contributed by atoms with E-state index in [1.54, 1.807) is 30.7 Å². The highest BCUT2D eigenvalue weighted by molar-refractivity contribution is 5.84. The van der Waals surface area contributed by atoms with Gasteiger partial charge in [-0.25, -0.2) is 0 Å². The molecule has 1 saturated carbocycles. The third-order valence-electron chi connectivity index (χ3n) is 6.20. The summed E-state index contributed by atoms with van der Waals surface area (Å²) in [5, 5.41) is 31.6. The van der Waals surface area contributed by atoms with Crippen LogP contribution in [-0.4, -0.2) is 38.8 Å². The summed E-state index contributed by atoms with van der Waals surface area (Å²) in [6.07, 6.45) is 3.75. The Bertz CT molecular complexity index is 726. The number of carbonyl (C=O) groups is 2. The molecule has 1 radical (unpaired) electrons. The molecule has 161 valence electrons. The topological polar surface area (TPSA) is 147 Å². The summed E-state index contributed by atoms with van der Waals surface area (Å²) in [4.78, 5) is 23.4. The van der Waals surface area contributed by atoms with E-state index in [9.17, 15) is 24.9 Å². The van der Waals surface area contributed by atoms with Crippen LogP contribution in [0.5, 0.6) is 0 Å². The molecule has 1 aromatic carbocycles. The Kier molecular flexibility index (Phi) is 7.43. The lowest BCUT2D eigenvalue weighted by molar-refractivity contribution is -0.138. The maximum Gasteiger partial charge on any atom is 0.253 e. The first-order chi connectivity index (χ1) is 13.5. The molecule has 7 heteroatoms. The lowest BCUT2D eigenvalue weighted by Gasteiger charge is -2.40. The normalized spacial score (nSPS) is 26.3. The summed E-state index contributed by atoms with van der Waals surface area (Å²) in [7, 11) is 0. The van der Waals surface area contributed by atoms with Crippen molar-refractivity contribution >= 4 is 11.8 Å². The van der Waals surface area contributed by atoms with Gasteiger partial charge in [-0.15, -0.1) is 0 Å². The third kappa shape index (κ3) is 5.78. The van der Waals surface area contributed by atoms with Crippen molar-refractivity contribution in [1.29, 1.82) is 0 Å². The van der Waals surface area contributed by atoms with Crippen molar-refractivity contribution in [2.75, 3.05) is 0 Å². The van der Waals surface area contributed by atoms with Gasteiger partial charge in [-0.05, 0) is 68.9 Å². The largest absolute Gasteiger partial charge is 0.393 e. The van der Waals surface area contributed by atoms with Crippen molar-refractivity contribution in [3.8, 4) is 0 Å². The fourth-order valence-corrected chi connectivity index (χ4v) is 3.96. The maximum absolute atomic E-state index is 12.0. The molecule has 1 fully saturated rings. The van der Waals surface area contributed by atoms with Crippen LogP contribution in [0.3, 0.4) is 0 Å².